The lowest BCUT2D eigenvalue weighted by Crippen LogP contribution is -2.38. The minimum absolute atomic E-state index is 0.200. The lowest BCUT2D eigenvalue weighted by atomic mass is 9.92. The molecular formula is C24H32F3N3O. The van der Waals surface area contributed by atoms with E-state index in [9.17, 15) is 13.2 Å². The number of nitrogens with zero attached hydrogens (tertiary/aromatic N) is 3. The second-order valence-corrected chi connectivity index (χ2v) is 7.93. The van der Waals surface area contributed by atoms with Gasteiger partial charge in [0.1, 0.15) is 5.75 Å². The van der Waals surface area contributed by atoms with Gasteiger partial charge < -0.3 is 4.74 Å². The molecule has 31 heavy (non-hydrogen) atoms. The number of likely N-dealkylation sites (tertiary alicyclic amines) is 1. The van der Waals surface area contributed by atoms with E-state index in [0.717, 1.165) is 60.6 Å². The van der Waals surface area contributed by atoms with Gasteiger partial charge in [-0.25, -0.2) is 5.01 Å². The number of hydrazone groups is 1. The molecule has 170 valence electrons. The van der Waals surface area contributed by atoms with E-state index in [1.165, 1.54) is 13.2 Å². The molecule has 1 atom stereocenters. The summed E-state index contributed by atoms with van der Waals surface area (Å²) in [6, 6.07) is 3.70. The molecule has 0 aromatic heterocycles. The van der Waals surface area contributed by atoms with Crippen molar-refractivity contribution in [2.75, 3.05) is 20.2 Å². The van der Waals surface area contributed by atoms with Gasteiger partial charge in [0.05, 0.1) is 12.7 Å². The van der Waals surface area contributed by atoms with Gasteiger partial charge in [0, 0.05) is 42.2 Å². The van der Waals surface area contributed by atoms with E-state index in [0.29, 0.717) is 6.54 Å². The molecule has 0 aliphatic carbocycles. The first-order chi connectivity index (χ1) is 14.6. The molecule has 1 aliphatic rings. The maximum absolute atomic E-state index is 13.0. The summed E-state index contributed by atoms with van der Waals surface area (Å²) in [5.41, 5.74) is 2.80. The molecule has 1 aromatic carbocycles. The van der Waals surface area contributed by atoms with Gasteiger partial charge in [-0.3, -0.25) is 4.90 Å². The molecule has 1 aliphatic heterocycles. The highest BCUT2D eigenvalue weighted by Crippen LogP contribution is 2.35. The SMILES string of the molecule is C=C(C)/C=C(/C1CCCN(Cc2ccc(C(F)(F)F)cc2OC)C1)N(/N=C\C)C(=C)C. The van der Waals surface area contributed by atoms with Crippen LogP contribution in [0.1, 0.15) is 44.7 Å². The summed E-state index contributed by atoms with van der Waals surface area (Å²) in [6.07, 6.45) is 1.34. The van der Waals surface area contributed by atoms with Gasteiger partial charge in [0.2, 0.25) is 0 Å². The quantitative estimate of drug-likeness (QED) is 0.275. The van der Waals surface area contributed by atoms with Crippen LogP contribution in [0.3, 0.4) is 0 Å². The highest BCUT2D eigenvalue weighted by molar-refractivity contribution is 5.53. The minimum Gasteiger partial charge on any atom is -0.496 e. The maximum atomic E-state index is 13.0. The van der Waals surface area contributed by atoms with E-state index in [-0.39, 0.29) is 11.7 Å². The topological polar surface area (TPSA) is 28.1 Å². The molecule has 0 bridgehead atoms. The molecule has 1 saturated heterocycles. The van der Waals surface area contributed by atoms with E-state index < -0.39 is 11.7 Å². The molecular weight excluding hydrogens is 403 g/mol. The molecule has 0 amide bonds. The van der Waals surface area contributed by atoms with Crippen LogP contribution in [-0.2, 0) is 12.7 Å². The third kappa shape index (κ3) is 6.72. The standard InChI is InChI=1S/C24H32F3N3O/c1-7-28-30(18(4)5)22(13-17(2)3)19-9-8-12-29(15-19)16-20-10-11-21(24(25,26)27)14-23(20)31-6/h7,10-11,13-14,19H,2,4,8-9,12,15-16H2,1,3,5-6H3/b22-13-,28-7-. The van der Waals surface area contributed by atoms with E-state index in [1.807, 2.05) is 31.9 Å². The third-order valence-corrected chi connectivity index (χ3v) is 5.16. The number of hydrogen-bond donors (Lipinski definition) is 0. The lowest BCUT2D eigenvalue weighted by Gasteiger charge is -2.37. The fourth-order valence-corrected chi connectivity index (χ4v) is 3.84. The van der Waals surface area contributed by atoms with E-state index in [1.54, 1.807) is 6.21 Å². The highest BCUT2D eigenvalue weighted by atomic mass is 19.4. The van der Waals surface area contributed by atoms with Gasteiger partial charge in [-0.15, -0.1) is 0 Å². The number of hydrogen-bond acceptors (Lipinski definition) is 4. The molecule has 4 nitrogen and oxygen atoms in total. The van der Waals surface area contributed by atoms with Crippen LogP contribution in [0, 0.1) is 5.92 Å². The molecule has 1 heterocycles. The number of halogens is 3. The van der Waals surface area contributed by atoms with Crippen molar-refractivity contribution in [3.63, 3.8) is 0 Å². The van der Waals surface area contributed by atoms with Crippen LogP contribution in [0.4, 0.5) is 13.2 Å². The Bertz CT molecular complexity index is 858. The highest BCUT2D eigenvalue weighted by Gasteiger charge is 2.32. The number of ether oxygens (including phenoxy) is 1. The number of allylic oxidation sites excluding steroid dienone is 3. The summed E-state index contributed by atoms with van der Waals surface area (Å²) in [6.45, 7) is 15.9. The summed E-state index contributed by atoms with van der Waals surface area (Å²) in [5.74, 6) is 0.458. The number of alkyl halides is 3. The molecule has 0 radical (unpaired) electrons. The van der Waals surface area contributed by atoms with E-state index in [2.05, 4.69) is 23.2 Å². The van der Waals surface area contributed by atoms with Gasteiger partial charge in [-0.05, 0) is 58.4 Å². The summed E-state index contributed by atoms with van der Waals surface area (Å²) < 4.78 is 44.4. The van der Waals surface area contributed by atoms with Gasteiger partial charge >= 0.3 is 6.18 Å². The van der Waals surface area contributed by atoms with Gasteiger partial charge in [0.15, 0.2) is 0 Å². The fraction of sp³-hybridized carbons (Fsp3) is 0.458. The number of methoxy groups -OCH3 is 1. The summed E-state index contributed by atoms with van der Waals surface area (Å²) in [5, 5.41) is 6.32. The fourth-order valence-electron chi connectivity index (χ4n) is 3.84. The zero-order valence-electron chi connectivity index (χ0n) is 18.8. The first kappa shape index (κ1) is 24.7. The molecule has 0 saturated carbocycles. The van der Waals surface area contributed by atoms with Crippen molar-refractivity contribution in [3.05, 3.63) is 65.5 Å². The molecule has 1 unspecified atom stereocenters. The third-order valence-electron chi connectivity index (χ3n) is 5.16. The van der Waals surface area contributed by atoms with Gasteiger partial charge in [-0.1, -0.05) is 24.8 Å². The Labute approximate surface area is 183 Å². The van der Waals surface area contributed by atoms with Gasteiger partial charge in [-0.2, -0.15) is 18.3 Å². The summed E-state index contributed by atoms with van der Waals surface area (Å²) in [4.78, 5) is 2.25. The van der Waals surface area contributed by atoms with Crippen molar-refractivity contribution in [3.8, 4) is 5.75 Å². The van der Waals surface area contributed by atoms with Crippen LogP contribution in [0.25, 0.3) is 0 Å². The van der Waals surface area contributed by atoms with Crippen LogP contribution in [-0.4, -0.2) is 36.3 Å². The van der Waals surface area contributed by atoms with Crippen molar-refractivity contribution < 1.29 is 17.9 Å². The van der Waals surface area contributed by atoms with Crippen LogP contribution in [0.15, 0.2) is 59.5 Å². The first-order valence-electron chi connectivity index (χ1n) is 10.3. The molecule has 1 fully saturated rings. The van der Waals surface area contributed by atoms with Crippen LogP contribution >= 0.6 is 0 Å². The van der Waals surface area contributed by atoms with Crippen molar-refractivity contribution in [2.24, 2.45) is 11.0 Å². The summed E-state index contributed by atoms with van der Waals surface area (Å²) in [7, 11) is 1.40. The normalized spacial score (nSPS) is 18.3. The van der Waals surface area contributed by atoms with Crippen LogP contribution < -0.4 is 4.74 Å². The second-order valence-electron chi connectivity index (χ2n) is 7.93. The largest absolute Gasteiger partial charge is 0.496 e. The first-order valence-corrected chi connectivity index (χ1v) is 10.3. The van der Waals surface area contributed by atoms with Gasteiger partial charge in [0.25, 0.3) is 0 Å². The lowest BCUT2D eigenvalue weighted by molar-refractivity contribution is -0.137. The van der Waals surface area contributed by atoms with Crippen LogP contribution in [0.2, 0.25) is 0 Å². The Morgan fingerprint density at radius 3 is 2.58 bits per heavy atom. The number of rotatable bonds is 8. The second kappa shape index (κ2) is 10.7. The Kier molecular flexibility index (Phi) is 8.51. The Hall–Kier alpha value is -2.54. The predicted molar refractivity (Wildman–Crippen MR) is 120 cm³/mol. The molecule has 2 rings (SSSR count). The van der Waals surface area contributed by atoms with Crippen molar-refractivity contribution in [1.82, 2.24) is 9.91 Å². The van der Waals surface area contributed by atoms with E-state index >= 15 is 0 Å². The van der Waals surface area contributed by atoms with Crippen LogP contribution in [0.5, 0.6) is 5.75 Å². The molecule has 1 aromatic rings. The number of benzene rings is 1. The Morgan fingerprint density at radius 1 is 1.32 bits per heavy atom. The Morgan fingerprint density at radius 2 is 2.03 bits per heavy atom. The smallest absolute Gasteiger partial charge is 0.416 e. The zero-order valence-corrected chi connectivity index (χ0v) is 18.8. The maximum Gasteiger partial charge on any atom is 0.416 e. The van der Waals surface area contributed by atoms with Crippen molar-refractivity contribution in [2.45, 2.75) is 46.3 Å². The molecule has 7 heteroatoms. The molecule has 0 spiro atoms. The van der Waals surface area contributed by atoms with E-state index in [4.69, 9.17) is 4.74 Å². The monoisotopic (exact) mass is 435 g/mol. The van der Waals surface area contributed by atoms with Crippen molar-refractivity contribution in [1.29, 1.82) is 0 Å². The number of piperidine rings is 1. The Balaban J connectivity index is 2.26. The predicted octanol–water partition coefficient (Wildman–Crippen LogP) is 6.23. The average molecular weight is 436 g/mol. The summed E-state index contributed by atoms with van der Waals surface area (Å²) >= 11 is 0. The minimum atomic E-state index is -4.39. The molecule has 0 N–H and O–H groups in total. The zero-order chi connectivity index (χ0) is 23.2. The average Bonchev–Trinajstić information content (AvgIpc) is 2.70. The van der Waals surface area contributed by atoms with Crippen molar-refractivity contribution >= 4 is 6.21 Å².